The predicted molar refractivity (Wildman–Crippen MR) is 78.4 cm³/mol. The van der Waals surface area contributed by atoms with Crippen LogP contribution in [0.2, 0.25) is 0 Å². The topological polar surface area (TPSA) is 37.4 Å². The minimum atomic E-state index is 0.274. The molecular formula is C15H25N3O. The average molecular weight is 263 g/mol. The summed E-state index contributed by atoms with van der Waals surface area (Å²) in [7, 11) is 0. The highest BCUT2D eigenvalue weighted by Crippen LogP contribution is 2.20. The first kappa shape index (κ1) is 14.3. The Balaban J connectivity index is 2.08. The van der Waals surface area contributed by atoms with E-state index >= 15 is 0 Å². The first-order chi connectivity index (χ1) is 9.06. The maximum absolute atomic E-state index is 5.67. The number of rotatable bonds is 4. The van der Waals surface area contributed by atoms with Crippen LogP contribution in [0.4, 0.5) is 5.82 Å². The molecule has 1 saturated heterocycles. The van der Waals surface area contributed by atoms with Gasteiger partial charge in [0.1, 0.15) is 5.82 Å². The minimum absolute atomic E-state index is 0.274. The van der Waals surface area contributed by atoms with Gasteiger partial charge in [0.05, 0.1) is 18.8 Å². The second kappa shape index (κ2) is 6.35. The van der Waals surface area contributed by atoms with Crippen molar-refractivity contribution in [2.24, 2.45) is 0 Å². The summed E-state index contributed by atoms with van der Waals surface area (Å²) in [5, 5.41) is 3.44. The van der Waals surface area contributed by atoms with E-state index in [4.69, 9.17) is 4.74 Å². The SMILES string of the molecule is CC(C)NCc1ccnc(N2CC(C)OCC2C)c1. The summed E-state index contributed by atoms with van der Waals surface area (Å²) in [6, 6.07) is 5.15. The highest BCUT2D eigenvalue weighted by molar-refractivity contribution is 5.42. The largest absolute Gasteiger partial charge is 0.375 e. The van der Waals surface area contributed by atoms with Gasteiger partial charge in [-0.15, -0.1) is 0 Å². The lowest BCUT2D eigenvalue weighted by Gasteiger charge is -2.37. The molecule has 106 valence electrons. The van der Waals surface area contributed by atoms with Gasteiger partial charge in [0.15, 0.2) is 0 Å². The standard InChI is InChI=1S/C15H25N3O/c1-11(2)17-8-14-5-6-16-15(7-14)18-9-13(4)19-10-12(18)3/h5-7,11-13,17H,8-10H2,1-4H3. The van der Waals surface area contributed by atoms with Crippen LogP contribution < -0.4 is 10.2 Å². The van der Waals surface area contributed by atoms with Gasteiger partial charge in [-0.05, 0) is 31.5 Å². The molecule has 0 spiro atoms. The molecule has 1 aliphatic rings. The van der Waals surface area contributed by atoms with Gasteiger partial charge in [0, 0.05) is 25.3 Å². The number of nitrogens with one attached hydrogen (secondary N) is 1. The Bertz CT molecular complexity index is 408. The number of hydrogen-bond donors (Lipinski definition) is 1. The van der Waals surface area contributed by atoms with Crippen LogP contribution in [0.1, 0.15) is 33.3 Å². The molecule has 1 aromatic rings. The molecule has 0 radical (unpaired) electrons. The number of morpholine rings is 1. The average Bonchev–Trinajstić information content (AvgIpc) is 2.39. The van der Waals surface area contributed by atoms with Gasteiger partial charge in [-0.25, -0.2) is 4.98 Å². The fraction of sp³-hybridized carbons (Fsp3) is 0.667. The van der Waals surface area contributed by atoms with Crippen molar-refractivity contribution in [2.45, 2.75) is 52.4 Å². The van der Waals surface area contributed by atoms with E-state index in [-0.39, 0.29) is 6.10 Å². The van der Waals surface area contributed by atoms with Gasteiger partial charge in [0.25, 0.3) is 0 Å². The number of anilines is 1. The quantitative estimate of drug-likeness (QED) is 0.903. The number of hydrogen-bond acceptors (Lipinski definition) is 4. The van der Waals surface area contributed by atoms with Gasteiger partial charge in [-0.1, -0.05) is 13.8 Å². The van der Waals surface area contributed by atoms with Crippen LogP contribution in [0, 0.1) is 0 Å². The first-order valence-electron chi connectivity index (χ1n) is 7.13. The van der Waals surface area contributed by atoms with Crippen molar-refractivity contribution in [3.8, 4) is 0 Å². The van der Waals surface area contributed by atoms with Crippen molar-refractivity contribution in [1.82, 2.24) is 10.3 Å². The summed E-state index contributed by atoms with van der Waals surface area (Å²) in [5.41, 5.74) is 1.28. The zero-order valence-corrected chi connectivity index (χ0v) is 12.4. The number of pyridine rings is 1. The molecule has 0 saturated carbocycles. The minimum Gasteiger partial charge on any atom is -0.375 e. The van der Waals surface area contributed by atoms with Crippen LogP contribution in [-0.2, 0) is 11.3 Å². The fourth-order valence-electron chi connectivity index (χ4n) is 2.27. The molecule has 1 N–H and O–H groups in total. The lowest BCUT2D eigenvalue weighted by molar-refractivity contribution is 0.0340. The predicted octanol–water partition coefficient (Wildman–Crippen LogP) is 2.19. The van der Waals surface area contributed by atoms with Gasteiger partial charge in [0.2, 0.25) is 0 Å². The third kappa shape index (κ3) is 3.91. The maximum Gasteiger partial charge on any atom is 0.129 e. The van der Waals surface area contributed by atoms with E-state index in [1.165, 1.54) is 5.56 Å². The van der Waals surface area contributed by atoms with Crippen molar-refractivity contribution in [1.29, 1.82) is 0 Å². The van der Waals surface area contributed by atoms with Gasteiger partial charge in [-0.2, -0.15) is 0 Å². The van der Waals surface area contributed by atoms with E-state index in [1.54, 1.807) is 0 Å². The number of nitrogens with zero attached hydrogens (tertiary/aromatic N) is 2. The zero-order valence-electron chi connectivity index (χ0n) is 12.4. The Morgan fingerprint density at radius 2 is 2.26 bits per heavy atom. The molecule has 19 heavy (non-hydrogen) atoms. The van der Waals surface area contributed by atoms with E-state index in [2.05, 4.69) is 55.0 Å². The van der Waals surface area contributed by atoms with Gasteiger partial charge in [-0.3, -0.25) is 0 Å². The van der Waals surface area contributed by atoms with Gasteiger partial charge < -0.3 is 15.0 Å². The fourth-order valence-corrected chi connectivity index (χ4v) is 2.27. The molecule has 1 fully saturated rings. The third-order valence-corrected chi connectivity index (χ3v) is 3.43. The summed E-state index contributed by atoms with van der Waals surface area (Å²) in [5.74, 6) is 1.06. The molecule has 2 unspecified atom stereocenters. The molecule has 0 aliphatic carbocycles. The molecule has 0 amide bonds. The molecule has 4 nitrogen and oxygen atoms in total. The van der Waals surface area contributed by atoms with Crippen LogP contribution in [0.15, 0.2) is 18.3 Å². The van der Waals surface area contributed by atoms with Crippen molar-refractivity contribution in [2.75, 3.05) is 18.1 Å². The Kier molecular flexibility index (Phi) is 4.77. The number of ether oxygens (including phenoxy) is 1. The molecule has 1 aromatic heterocycles. The Morgan fingerprint density at radius 1 is 1.47 bits per heavy atom. The molecule has 2 atom stereocenters. The van der Waals surface area contributed by atoms with Gasteiger partial charge >= 0.3 is 0 Å². The maximum atomic E-state index is 5.67. The van der Waals surface area contributed by atoms with E-state index in [1.807, 2.05) is 6.20 Å². The molecule has 4 heteroatoms. The summed E-state index contributed by atoms with van der Waals surface area (Å²) in [6.45, 7) is 11.2. The molecule has 0 aromatic carbocycles. The third-order valence-electron chi connectivity index (χ3n) is 3.43. The van der Waals surface area contributed by atoms with Crippen molar-refractivity contribution >= 4 is 5.82 Å². The summed E-state index contributed by atoms with van der Waals surface area (Å²) < 4.78 is 5.67. The normalized spacial score (nSPS) is 23.9. The second-order valence-electron chi connectivity index (χ2n) is 5.70. The van der Waals surface area contributed by atoms with E-state index in [0.717, 1.165) is 25.5 Å². The Hall–Kier alpha value is -1.13. The monoisotopic (exact) mass is 263 g/mol. The van der Waals surface area contributed by atoms with Crippen molar-refractivity contribution in [3.05, 3.63) is 23.9 Å². The Labute approximate surface area is 116 Å². The molecule has 0 bridgehead atoms. The van der Waals surface area contributed by atoms with Crippen molar-refractivity contribution in [3.63, 3.8) is 0 Å². The van der Waals surface area contributed by atoms with Crippen LogP contribution in [-0.4, -0.2) is 36.3 Å². The summed E-state index contributed by atoms with van der Waals surface area (Å²) in [6.07, 6.45) is 2.18. The van der Waals surface area contributed by atoms with Crippen LogP contribution in [0.25, 0.3) is 0 Å². The summed E-state index contributed by atoms with van der Waals surface area (Å²) in [4.78, 5) is 6.86. The smallest absolute Gasteiger partial charge is 0.129 e. The lowest BCUT2D eigenvalue weighted by atomic mass is 10.2. The highest BCUT2D eigenvalue weighted by atomic mass is 16.5. The van der Waals surface area contributed by atoms with Crippen LogP contribution >= 0.6 is 0 Å². The molecule has 1 aliphatic heterocycles. The number of aromatic nitrogens is 1. The second-order valence-corrected chi connectivity index (χ2v) is 5.70. The summed E-state index contributed by atoms with van der Waals surface area (Å²) >= 11 is 0. The molecule has 2 rings (SSSR count). The van der Waals surface area contributed by atoms with Crippen molar-refractivity contribution < 1.29 is 4.74 Å². The Morgan fingerprint density at radius 3 is 3.00 bits per heavy atom. The van der Waals surface area contributed by atoms with E-state index in [0.29, 0.717) is 12.1 Å². The zero-order chi connectivity index (χ0) is 13.8. The van der Waals surface area contributed by atoms with Crippen LogP contribution in [0.3, 0.4) is 0 Å². The van der Waals surface area contributed by atoms with Crippen LogP contribution in [0.5, 0.6) is 0 Å². The molecular weight excluding hydrogens is 238 g/mol. The molecule has 2 heterocycles. The van der Waals surface area contributed by atoms with E-state index < -0.39 is 0 Å². The highest BCUT2D eigenvalue weighted by Gasteiger charge is 2.24. The first-order valence-corrected chi connectivity index (χ1v) is 7.13. The lowest BCUT2D eigenvalue weighted by Crippen LogP contribution is -2.47. The van der Waals surface area contributed by atoms with E-state index in [9.17, 15) is 0 Å².